The van der Waals surface area contributed by atoms with E-state index in [1.807, 2.05) is 51.4 Å². The highest BCUT2D eigenvalue weighted by molar-refractivity contribution is 5.82. The molecule has 0 spiro atoms. The SMILES string of the molecule is C/C=C(\O/C(C)=C/CC)c1ccc2cnc(NC)nc2c1. The van der Waals surface area contributed by atoms with Crippen LogP contribution < -0.4 is 5.32 Å². The largest absolute Gasteiger partial charge is 0.462 e. The van der Waals surface area contributed by atoms with Crippen molar-refractivity contribution in [2.45, 2.75) is 27.2 Å². The number of benzene rings is 1. The van der Waals surface area contributed by atoms with Crippen LogP contribution in [0.15, 0.2) is 42.3 Å². The van der Waals surface area contributed by atoms with E-state index in [2.05, 4.69) is 28.3 Å². The van der Waals surface area contributed by atoms with Gasteiger partial charge in [0.2, 0.25) is 5.95 Å². The zero-order valence-corrected chi connectivity index (χ0v) is 13.0. The highest BCUT2D eigenvalue weighted by Gasteiger charge is 2.06. The van der Waals surface area contributed by atoms with Crippen LogP contribution in [0.5, 0.6) is 0 Å². The Morgan fingerprint density at radius 1 is 1.38 bits per heavy atom. The van der Waals surface area contributed by atoms with E-state index in [4.69, 9.17) is 4.74 Å². The highest BCUT2D eigenvalue weighted by Crippen LogP contribution is 2.23. The Morgan fingerprint density at radius 3 is 2.86 bits per heavy atom. The molecule has 110 valence electrons. The topological polar surface area (TPSA) is 47.0 Å². The molecule has 1 aromatic carbocycles. The average Bonchev–Trinajstić information content (AvgIpc) is 2.51. The van der Waals surface area contributed by atoms with Crippen molar-refractivity contribution in [2.75, 3.05) is 12.4 Å². The number of hydrogen-bond donors (Lipinski definition) is 1. The lowest BCUT2D eigenvalue weighted by atomic mass is 10.1. The van der Waals surface area contributed by atoms with Crippen LogP contribution in [0, 0.1) is 0 Å². The maximum absolute atomic E-state index is 5.89. The van der Waals surface area contributed by atoms with Gasteiger partial charge in [0, 0.05) is 24.2 Å². The number of nitrogens with one attached hydrogen (secondary N) is 1. The zero-order valence-electron chi connectivity index (χ0n) is 13.0. The maximum Gasteiger partial charge on any atom is 0.222 e. The summed E-state index contributed by atoms with van der Waals surface area (Å²) in [6, 6.07) is 6.06. The smallest absolute Gasteiger partial charge is 0.222 e. The molecule has 0 radical (unpaired) electrons. The minimum Gasteiger partial charge on any atom is -0.462 e. The van der Waals surface area contributed by atoms with Crippen LogP contribution in [0.4, 0.5) is 5.95 Å². The van der Waals surface area contributed by atoms with Crippen molar-refractivity contribution < 1.29 is 4.74 Å². The van der Waals surface area contributed by atoms with Crippen LogP contribution in [-0.4, -0.2) is 17.0 Å². The van der Waals surface area contributed by atoms with E-state index in [1.54, 1.807) is 0 Å². The maximum atomic E-state index is 5.89. The molecule has 4 nitrogen and oxygen atoms in total. The predicted molar refractivity (Wildman–Crippen MR) is 87.9 cm³/mol. The standard InChI is InChI=1S/C17H21N3O/c1-5-7-12(3)21-16(6-2)13-8-9-14-11-19-17(18-4)20-15(14)10-13/h6-11H,5H2,1-4H3,(H,18,19,20)/b12-7+,16-6-. The second-order valence-electron chi connectivity index (χ2n) is 4.70. The van der Waals surface area contributed by atoms with Gasteiger partial charge in [0.25, 0.3) is 0 Å². The molecular weight excluding hydrogens is 262 g/mol. The molecule has 0 bridgehead atoms. The fraction of sp³-hybridized carbons (Fsp3) is 0.294. The first-order chi connectivity index (χ1) is 10.2. The summed E-state index contributed by atoms with van der Waals surface area (Å²) in [6.45, 7) is 6.03. The first-order valence-electron chi connectivity index (χ1n) is 7.13. The van der Waals surface area contributed by atoms with Crippen molar-refractivity contribution in [3.05, 3.63) is 47.9 Å². The molecule has 0 unspecified atom stereocenters. The Hall–Kier alpha value is -2.36. The van der Waals surface area contributed by atoms with Gasteiger partial charge in [-0.15, -0.1) is 0 Å². The molecule has 0 aliphatic carbocycles. The van der Waals surface area contributed by atoms with E-state index >= 15 is 0 Å². The van der Waals surface area contributed by atoms with Crippen LogP contribution >= 0.6 is 0 Å². The van der Waals surface area contributed by atoms with Crippen LogP contribution in [0.1, 0.15) is 32.8 Å². The van der Waals surface area contributed by atoms with Gasteiger partial charge < -0.3 is 10.1 Å². The Bertz CT molecular complexity index is 689. The van der Waals surface area contributed by atoms with Crippen LogP contribution in [0.25, 0.3) is 16.7 Å². The second-order valence-corrected chi connectivity index (χ2v) is 4.70. The Labute approximate surface area is 125 Å². The third-order valence-corrected chi connectivity index (χ3v) is 3.12. The van der Waals surface area contributed by atoms with Crippen molar-refractivity contribution in [3.63, 3.8) is 0 Å². The number of allylic oxidation sites excluding steroid dienone is 3. The van der Waals surface area contributed by atoms with Gasteiger partial charge in [0.15, 0.2) is 0 Å². The Kier molecular flexibility index (Phi) is 4.93. The van der Waals surface area contributed by atoms with E-state index in [0.29, 0.717) is 5.95 Å². The summed E-state index contributed by atoms with van der Waals surface area (Å²) in [6.07, 6.45) is 6.80. The summed E-state index contributed by atoms with van der Waals surface area (Å²) < 4.78 is 5.89. The van der Waals surface area contributed by atoms with Crippen molar-refractivity contribution in [1.29, 1.82) is 0 Å². The third kappa shape index (κ3) is 3.60. The molecule has 21 heavy (non-hydrogen) atoms. The molecule has 1 N–H and O–H groups in total. The van der Waals surface area contributed by atoms with Gasteiger partial charge in [0.05, 0.1) is 11.3 Å². The van der Waals surface area contributed by atoms with E-state index in [-0.39, 0.29) is 0 Å². The first-order valence-corrected chi connectivity index (χ1v) is 7.13. The lowest BCUT2D eigenvalue weighted by Crippen LogP contribution is -1.97. The minimum absolute atomic E-state index is 0.615. The van der Waals surface area contributed by atoms with Gasteiger partial charge in [-0.1, -0.05) is 19.1 Å². The normalized spacial score (nSPS) is 12.6. The predicted octanol–water partition coefficient (Wildman–Crippen LogP) is 4.36. The summed E-state index contributed by atoms with van der Waals surface area (Å²) in [4.78, 5) is 8.68. The van der Waals surface area contributed by atoms with Crippen molar-refractivity contribution in [1.82, 2.24) is 9.97 Å². The quantitative estimate of drug-likeness (QED) is 0.828. The molecule has 1 heterocycles. The van der Waals surface area contributed by atoms with E-state index < -0.39 is 0 Å². The number of fused-ring (bicyclic) bond motifs is 1. The monoisotopic (exact) mass is 283 g/mol. The van der Waals surface area contributed by atoms with Gasteiger partial charge in [0.1, 0.15) is 5.76 Å². The molecule has 0 saturated heterocycles. The molecule has 0 atom stereocenters. The number of hydrogen-bond acceptors (Lipinski definition) is 4. The molecule has 1 aromatic heterocycles. The van der Waals surface area contributed by atoms with Crippen molar-refractivity contribution in [3.8, 4) is 0 Å². The van der Waals surface area contributed by atoms with Crippen molar-refractivity contribution in [2.24, 2.45) is 0 Å². The van der Waals surface area contributed by atoms with Crippen LogP contribution in [0.2, 0.25) is 0 Å². The van der Waals surface area contributed by atoms with Crippen LogP contribution in [-0.2, 0) is 4.74 Å². The fourth-order valence-corrected chi connectivity index (χ4v) is 2.08. The summed E-state index contributed by atoms with van der Waals surface area (Å²) >= 11 is 0. The number of aromatic nitrogens is 2. The molecular formula is C17H21N3O. The molecule has 0 fully saturated rings. The first kappa shape index (κ1) is 15.0. The van der Waals surface area contributed by atoms with E-state index in [9.17, 15) is 0 Å². The zero-order chi connectivity index (χ0) is 15.2. The second kappa shape index (κ2) is 6.88. The lowest BCUT2D eigenvalue weighted by Gasteiger charge is -2.11. The summed E-state index contributed by atoms with van der Waals surface area (Å²) in [7, 11) is 1.81. The molecule has 2 rings (SSSR count). The minimum atomic E-state index is 0.615. The highest BCUT2D eigenvalue weighted by atomic mass is 16.5. The number of rotatable bonds is 5. The number of ether oxygens (including phenoxy) is 1. The lowest BCUT2D eigenvalue weighted by molar-refractivity contribution is 0.382. The van der Waals surface area contributed by atoms with Gasteiger partial charge in [-0.25, -0.2) is 9.97 Å². The summed E-state index contributed by atoms with van der Waals surface area (Å²) in [5.74, 6) is 2.36. The average molecular weight is 283 g/mol. The third-order valence-electron chi connectivity index (χ3n) is 3.12. The number of anilines is 1. The Balaban J connectivity index is 2.38. The Morgan fingerprint density at radius 2 is 2.19 bits per heavy atom. The fourth-order valence-electron chi connectivity index (χ4n) is 2.08. The molecule has 4 heteroatoms. The van der Waals surface area contributed by atoms with E-state index in [0.717, 1.165) is 34.4 Å². The number of nitrogens with zero attached hydrogens (tertiary/aromatic N) is 2. The molecule has 0 amide bonds. The van der Waals surface area contributed by atoms with Gasteiger partial charge in [-0.2, -0.15) is 0 Å². The summed E-state index contributed by atoms with van der Waals surface area (Å²) in [5.41, 5.74) is 1.90. The van der Waals surface area contributed by atoms with Gasteiger partial charge >= 0.3 is 0 Å². The molecule has 0 saturated carbocycles. The van der Waals surface area contributed by atoms with Gasteiger partial charge in [-0.05, 0) is 38.5 Å². The molecule has 0 aliphatic heterocycles. The van der Waals surface area contributed by atoms with E-state index in [1.165, 1.54) is 0 Å². The van der Waals surface area contributed by atoms with Gasteiger partial charge in [-0.3, -0.25) is 0 Å². The van der Waals surface area contributed by atoms with Crippen LogP contribution in [0.3, 0.4) is 0 Å². The van der Waals surface area contributed by atoms with Crippen molar-refractivity contribution >= 4 is 22.6 Å². The molecule has 0 aliphatic rings. The molecule has 2 aromatic rings. The summed E-state index contributed by atoms with van der Waals surface area (Å²) in [5, 5.41) is 3.96.